The van der Waals surface area contributed by atoms with E-state index in [4.69, 9.17) is 10.1 Å². The van der Waals surface area contributed by atoms with E-state index in [2.05, 4.69) is 82.0 Å². The summed E-state index contributed by atoms with van der Waals surface area (Å²) in [6, 6.07) is 18.7. The summed E-state index contributed by atoms with van der Waals surface area (Å²) in [7, 11) is -1.28. The van der Waals surface area contributed by atoms with E-state index in [0.717, 1.165) is 22.3 Å². The molecule has 3 aromatic rings. The first-order chi connectivity index (χ1) is 13.5. The molecule has 161 valence electrons. The standard InChI is InChI=1S/C20H22NSi.C5H8O2.Ir/c1-14-10-15(2)12-17(11-14)20-8-6-16-13-18(22(3,4)5)7-9-19(16)21-20;1-4(6)3-5(2)7;/h6-11,13H,1-5H3;3,6H,1-2H3;/q-1;;/b;4-3-;. The number of carbonyl (C=O) groups is 1. The number of rotatable bonds is 3. The minimum Gasteiger partial charge on any atom is -0.512 e. The molecule has 5 heteroatoms. The van der Waals surface area contributed by atoms with E-state index in [9.17, 15) is 4.79 Å². The molecule has 1 radical (unpaired) electrons. The Bertz CT molecular complexity index is 1040. The molecule has 2 aromatic carbocycles. The Morgan fingerprint density at radius 1 is 1.03 bits per heavy atom. The van der Waals surface area contributed by atoms with Gasteiger partial charge in [0, 0.05) is 26.2 Å². The molecule has 30 heavy (non-hydrogen) atoms. The zero-order chi connectivity index (χ0) is 21.8. The summed E-state index contributed by atoms with van der Waals surface area (Å²) < 4.78 is 0. The normalized spacial score (nSPS) is 11.4. The van der Waals surface area contributed by atoms with Gasteiger partial charge in [-0.2, -0.15) is 0 Å². The first-order valence-corrected chi connectivity index (χ1v) is 13.3. The van der Waals surface area contributed by atoms with Crippen molar-refractivity contribution in [2.45, 2.75) is 47.3 Å². The van der Waals surface area contributed by atoms with Crippen molar-refractivity contribution in [3.05, 3.63) is 71.5 Å². The fraction of sp³-hybridized carbons (Fsp3) is 0.280. The molecule has 1 aromatic heterocycles. The number of fused-ring (bicyclic) bond motifs is 1. The molecule has 0 fully saturated rings. The van der Waals surface area contributed by atoms with Gasteiger partial charge in [-0.15, -0.1) is 34.9 Å². The fourth-order valence-corrected chi connectivity index (χ4v) is 4.24. The third-order valence-corrected chi connectivity index (χ3v) is 6.43. The van der Waals surface area contributed by atoms with Crippen LogP contribution in [-0.4, -0.2) is 23.9 Å². The number of nitrogens with zero attached hydrogens (tertiary/aromatic N) is 1. The first-order valence-electron chi connectivity index (χ1n) is 9.76. The van der Waals surface area contributed by atoms with Crippen LogP contribution in [0, 0.1) is 19.9 Å². The van der Waals surface area contributed by atoms with Crippen molar-refractivity contribution in [1.29, 1.82) is 0 Å². The smallest absolute Gasteiger partial charge is 0.155 e. The Morgan fingerprint density at radius 2 is 1.70 bits per heavy atom. The summed E-state index contributed by atoms with van der Waals surface area (Å²) in [4.78, 5) is 14.9. The number of hydrogen-bond donors (Lipinski definition) is 1. The number of aromatic nitrogens is 1. The number of benzene rings is 2. The van der Waals surface area contributed by atoms with Gasteiger partial charge in [-0.25, -0.2) is 0 Å². The maximum atomic E-state index is 10.0. The van der Waals surface area contributed by atoms with Crippen molar-refractivity contribution in [3.63, 3.8) is 0 Å². The van der Waals surface area contributed by atoms with Crippen LogP contribution >= 0.6 is 0 Å². The predicted molar refractivity (Wildman–Crippen MR) is 126 cm³/mol. The second-order valence-electron chi connectivity index (χ2n) is 8.50. The van der Waals surface area contributed by atoms with Gasteiger partial charge in [0.2, 0.25) is 0 Å². The van der Waals surface area contributed by atoms with E-state index in [0.29, 0.717) is 0 Å². The molecule has 0 aliphatic carbocycles. The SMILES string of the molecule is CC(=O)/C=C(/C)O.Cc1[c-]c(-c2ccc3cc([Si](C)(C)C)ccc3n2)cc(C)c1.[Ir]. The van der Waals surface area contributed by atoms with Gasteiger partial charge in [0.1, 0.15) is 0 Å². The van der Waals surface area contributed by atoms with Crippen LogP contribution in [0.4, 0.5) is 0 Å². The van der Waals surface area contributed by atoms with Crippen LogP contribution < -0.4 is 5.19 Å². The van der Waals surface area contributed by atoms with Gasteiger partial charge < -0.3 is 5.11 Å². The van der Waals surface area contributed by atoms with Crippen LogP contribution in [0.2, 0.25) is 19.6 Å². The van der Waals surface area contributed by atoms with Crippen molar-refractivity contribution in [2.75, 3.05) is 0 Å². The maximum absolute atomic E-state index is 10.0. The molecular formula is C25H30IrNO2Si-. The summed E-state index contributed by atoms with van der Waals surface area (Å²) in [5.74, 6) is -0.0625. The summed E-state index contributed by atoms with van der Waals surface area (Å²) in [6.07, 6.45) is 1.17. The minimum absolute atomic E-state index is 0. The van der Waals surface area contributed by atoms with Crippen molar-refractivity contribution in [1.82, 2.24) is 4.98 Å². The Morgan fingerprint density at radius 3 is 2.20 bits per heavy atom. The van der Waals surface area contributed by atoms with E-state index in [1.807, 2.05) is 0 Å². The molecule has 3 rings (SSSR count). The first kappa shape index (κ1) is 26.0. The molecule has 1 N–H and O–H groups in total. The molecule has 0 saturated heterocycles. The summed E-state index contributed by atoms with van der Waals surface area (Å²) in [6.45, 7) is 14.2. The number of carbonyl (C=O) groups excluding carboxylic acids is 1. The van der Waals surface area contributed by atoms with Crippen molar-refractivity contribution >= 4 is 29.9 Å². The third kappa shape index (κ3) is 7.64. The molecule has 3 nitrogen and oxygen atoms in total. The second-order valence-corrected chi connectivity index (χ2v) is 13.6. The van der Waals surface area contributed by atoms with Gasteiger partial charge in [0.15, 0.2) is 5.78 Å². The van der Waals surface area contributed by atoms with Crippen LogP contribution in [0.25, 0.3) is 22.2 Å². The number of aryl methyl sites for hydroxylation is 2. The predicted octanol–water partition coefficient (Wildman–Crippen LogP) is 5.90. The van der Waals surface area contributed by atoms with Crippen LogP contribution in [0.15, 0.2) is 54.3 Å². The topological polar surface area (TPSA) is 50.2 Å². The van der Waals surface area contributed by atoms with Gasteiger partial charge in [-0.05, 0) is 31.0 Å². The number of allylic oxidation sites excluding steroid dienone is 2. The monoisotopic (exact) mass is 597 g/mol. The van der Waals surface area contributed by atoms with Gasteiger partial charge in [-0.3, -0.25) is 9.78 Å². The molecule has 0 atom stereocenters. The number of aliphatic hydroxyl groups is 1. The second kappa shape index (κ2) is 10.8. The number of hydrogen-bond acceptors (Lipinski definition) is 3. The average molecular weight is 597 g/mol. The molecule has 0 spiro atoms. The maximum Gasteiger partial charge on any atom is 0.155 e. The molecule has 0 unspecified atom stereocenters. The Labute approximate surface area is 194 Å². The van der Waals surface area contributed by atoms with Gasteiger partial charge >= 0.3 is 0 Å². The van der Waals surface area contributed by atoms with Gasteiger partial charge in [-0.1, -0.05) is 62.9 Å². The van der Waals surface area contributed by atoms with Crippen LogP contribution in [0.3, 0.4) is 0 Å². The zero-order valence-corrected chi connectivity index (χ0v) is 22.1. The van der Waals surface area contributed by atoms with Crippen LogP contribution in [-0.2, 0) is 24.9 Å². The Hall–Kier alpha value is -2.07. The van der Waals surface area contributed by atoms with E-state index in [1.54, 1.807) is 0 Å². The van der Waals surface area contributed by atoms with Gasteiger partial charge in [0.05, 0.1) is 19.3 Å². The quantitative estimate of drug-likeness (QED) is 0.177. The molecule has 0 aliphatic rings. The van der Waals surface area contributed by atoms with Gasteiger partial charge in [0.25, 0.3) is 0 Å². The Kier molecular flexibility index (Phi) is 9.35. The summed E-state index contributed by atoms with van der Waals surface area (Å²) in [5, 5.41) is 11.1. The molecule has 1 heterocycles. The molecular weight excluding hydrogens is 567 g/mol. The molecule has 0 aliphatic heterocycles. The van der Waals surface area contributed by atoms with Crippen molar-refractivity contribution < 1.29 is 30.0 Å². The zero-order valence-electron chi connectivity index (χ0n) is 18.8. The third-order valence-electron chi connectivity index (χ3n) is 4.39. The average Bonchev–Trinajstić information content (AvgIpc) is 2.58. The largest absolute Gasteiger partial charge is 0.512 e. The summed E-state index contributed by atoms with van der Waals surface area (Å²) >= 11 is 0. The van der Waals surface area contributed by atoms with Crippen LogP contribution in [0.1, 0.15) is 25.0 Å². The molecule has 0 saturated carbocycles. The summed E-state index contributed by atoms with van der Waals surface area (Å²) in [5.41, 5.74) is 5.55. The number of pyridine rings is 1. The number of ketones is 1. The minimum atomic E-state index is -1.28. The Balaban J connectivity index is 0.000000489. The molecule has 0 bridgehead atoms. The number of aliphatic hydroxyl groups excluding tert-OH is 1. The molecule has 0 amide bonds. The van der Waals surface area contributed by atoms with E-state index < -0.39 is 8.07 Å². The van der Waals surface area contributed by atoms with Crippen molar-refractivity contribution in [2.24, 2.45) is 0 Å². The van der Waals surface area contributed by atoms with E-state index >= 15 is 0 Å². The fourth-order valence-electron chi connectivity index (χ4n) is 3.07. The van der Waals surface area contributed by atoms with E-state index in [-0.39, 0.29) is 31.6 Å². The van der Waals surface area contributed by atoms with Crippen LogP contribution in [0.5, 0.6) is 0 Å². The van der Waals surface area contributed by atoms with E-state index in [1.165, 1.54) is 36.1 Å². The van der Waals surface area contributed by atoms with Crippen molar-refractivity contribution in [3.8, 4) is 11.3 Å².